The van der Waals surface area contributed by atoms with Gasteiger partial charge in [-0.05, 0) is 37.6 Å². The van der Waals surface area contributed by atoms with E-state index in [-0.39, 0.29) is 11.8 Å². The first kappa shape index (κ1) is 25.6. The van der Waals surface area contributed by atoms with E-state index in [0.29, 0.717) is 71.3 Å². The summed E-state index contributed by atoms with van der Waals surface area (Å²) in [6.07, 6.45) is 2.94. The fraction of sp³-hybridized carbons (Fsp3) is 0.333. The Labute approximate surface area is 229 Å². The molecule has 0 spiro atoms. The minimum atomic E-state index is -0.468. The first-order chi connectivity index (χ1) is 19.4. The van der Waals surface area contributed by atoms with Crippen LogP contribution in [0.4, 0.5) is 16.0 Å². The van der Waals surface area contributed by atoms with E-state index in [9.17, 15) is 9.18 Å². The number of carbonyl (C=O) groups is 1. The number of pyridine rings is 2. The van der Waals surface area contributed by atoms with E-state index in [2.05, 4.69) is 25.0 Å². The average Bonchev–Trinajstić information content (AvgIpc) is 3.53. The quantitative estimate of drug-likeness (QED) is 0.318. The molecule has 5 aromatic heterocycles. The van der Waals surface area contributed by atoms with E-state index in [1.165, 1.54) is 17.8 Å². The lowest BCUT2D eigenvalue weighted by Gasteiger charge is -2.36. The highest BCUT2D eigenvalue weighted by Crippen LogP contribution is 2.31. The van der Waals surface area contributed by atoms with Gasteiger partial charge in [0.15, 0.2) is 11.5 Å². The Morgan fingerprint density at radius 3 is 2.60 bits per heavy atom. The summed E-state index contributed by atoms with van der Waals surface area (Å²) in [5.74, 6) is -0.224. The number of hydrogen-bond donors (Lipinski definition) is 1. The number of esters is 1. The van der Waals surface area contributed by atoms with Gasteiger partial charge in [-0.2, -0.15) is 9.50 Å². The van der Waals surface area contributed by atoms with E-state index in [0.717, 1.165) is 18.8 Å². The van der Waals surface area contributed by atoms with Crippen molar-refractivity contribution in [3.8, 4) is 11.5 Å². The van der Waals surface area contributed by atoms with Gasteiger partial charge in [0.05, 0.1) is 24.4 Å². The molecule has 1 aliphatic rings. The Morgan fingerprint density at radius 1 is 1.07 bits per heavy atom. The van der Waals surface area contributed by atoms with Gasteiger partial charge in [0.25, 0.3) is 0 Å². The lowest BCUT2D eigenvalue weighted by molar-refractivity contribution is 0.0587. The smallest absolute Gasteiger partial charge is 0.355 e. The van der Waals surface area contributed by atoms with Crippen LogP contribution in [-0.2, 0) is 11.3 Å². The van der Waals surface area contributed by atoms with Crippen molar-refractivity contribution in [2.45, 2.75) is 20.4 Å². The second-order valence-corrected chi connectivity index (χ2v) is 9.78. The largest absolute Gasteiger partial charge is 0.464 e. The van der Waals surface area contributed by atoms with E-state index >= 15 is 0 Å². The Kier molecular flexibility index (Phi) is 6.50. The van der Waals surface area contributed by atoms with Crippen LogP contribution in [0.2, 0.25) is 0 Å². The summed E-state index contributed by atoms with van der Waals surface area (Å²) < 4.78 is 22.8. The zero-order valence-corrected chi connectivity index (χ0v) is 22.5. The molecule has 6 heterocycles. The Bertz CT molecular complexity index is 1720. The summed E-state index contributed by atoms with van der Waals surface area (Å²) in [6, 6.07) is 7.27. The molecule has 0 aromatic carbocycles. The molecule has 0 aliphatic carbocycles. The number of ether oxygens (including phenoxy) is 1. The number of nitrogens with zero attached hydrogens (tertiary/aromatic N) is 9. The summed E-state index contributed by atoms with van der Waals surface area (Å²) in [5, 5.41) is 5.21. The van der Waals surface area contributed by atoms with Gasteiger partial charge in [-0.15, -0.1) is 5.10 Å². The number of rotatable bonds is 6. The van der Waals surface area contributed by atoms with Crippen LogP contribution < -0.4 is 10.6 Å². The van der Waals surface area contributed by atoms with Gasteiger partial charge in [0.2, 0.25) is 11.8 Å². The minimum Gasteiger partial charge on any atom is -0.464 e. The van der Waals surface area contributed by atoms with Crippen molar-refractivity contribution < 1.29 is 13.9 Å². The van der Waals surface area contributed by atoms with Gasteiger partial charge in [-0.3, -0.25) is 14.9 Å². The zero-order chi connectivity index (χ0) is 28.0. The van der Waals surface area contributed by atoms with Crippen LogP contribution in [0.3, 0.4) is 0 Å². The van der Waals surface area contributed by atoms with Crippen LogP contribution in [0.1, 0.15) is 21.7 Å². The maximum atomic E-state index is 14.4. The summed E-state index contributed by atoms with van der Waals surface area (Å²) >= 11 is 0. The van der Waals surface area contributed by atoms with Crippen LogP contribution in [0.25, 0.3) is 28.2 Å². The minimum absolute atomic E-state index is 0.149. The van der Waals surface area contributed by atoms with E-state index in [1.807, 2.05) is 41.5 Å². The molecule has 0 saturated carbocycles. The highest BCUT2D eigenvalue weighted by Gasteiger charge is 2.27. The van der Waals surface area contributed by atoms with Crippen molar-refractivity contribution in [2.75, 3.05) is 50.5 Å². The van der Waals surface area contributed by atoms with Crippen LogP contribution in [-0.4, -0.2) is 84.8 Å². The third kappa shape index (κ3) is 4.37. The molecular formula is C27H29FN10O2. The number of nitrogens with two attached hydrogens (primary N) is 1. The van der Waals surface area contributed by atoms with Gasteiger partial charge >= 0.3 is 5.97 Å². The SMILES string of the molecule is COC(=O)c1c(C)c2c(nc(N)n3nc(-c4ccccn4)nc23)n1CCN1CCN(c2cc(C)ncc2F)CC1. The summed E-state index contributed by atoms with van der Waals surface area (Å²) in [4.78, 5) is 35.0. The Hall–Kier alpha value is -4.65. The van der Waals surface area contributed by atoms with Crippen molar-refractivity contribution in [3.05, 3.63) is 59.4 Å². The highest BCUT2D eigenvalue weighted by molar-refractivity contribution is 6.03. The second-order valence-electron chi connectivity index (χ2n) is 9.78. The fourth-order valence-electron chi connectivity index (χ4n) is 5.31. The van der Waals surface area contributed by atoms with E-state index < -0.39 is 5.97 Å². The van der Waals surface area contributed by atoms with Crippen molar-refractivity contribution in [3.63, 3.8) is 0 Å². The molecule has 40 heavy (non-hydrogen) atoms. The average molecular weight is 545 g/mol. The lowest BCUT2D eigenvalue weighted by atomic mass is 10.2. The molecule has 0 amide bonds. The molecule has 0 bridgehead atoms. The van der Waals surface area contributed by atoms with Crippen molar-refractivity contribution >= 4 is 34.3 Å². The highest BCUT2D eigenvalue weighted by atomic mass is 19.1. The molecule has 13 heteroatoms. The molecule has 2 N–H and O–H groups in total. The predicted molar refractivity (Wildman–Crippen MR) is 148 cm³/mol. The molecule has 0 radical (unpaired) electrons. The topological polar surface area (TPSA) is 133 Å². The zero-order valence-electron chi connectivity index (χ0n) is 22.5. The first-order valence-electron chi connectivity index (χ1n) is 13.0. The standard InChI is InChI=1S/C27H29FN10O2/c1-16-14-20(18(28)15-31-16)36-11-8-35(9-12-36)10-13-37-22(26(39)40-3)17(2)21-24(37)33-27(29)38-25(21)32-23(34-38)19-6-4-5-7-30-19/h4-7,14-15H,8-13H2,1-3H3,(H2,29,33). The molecule has 0 atom stereocenters. The third-order valence-corrected chi connectivity index (χ3v) is 7.34. The fourth-order valence-corrected chi connectivity index (χ4v) is 5.31. The van der Waals surface area contributed by atoms with Gasteiger partial charge in [-0.25, -0.2) is 14.2 Å². The number of piperazine rings is 1. The molecule has 1 aliphatic heterocycles. The molecule has 1 saturated heterocycles. The van der Waals surface area contributed by atoms with Gasteiger partial charge in [0.1, 0.15) is 17.0 Å². The lowest BCUT2D eigenvalue weighted by Crippen LogP contribution is -2.47. The van der Waals surface area contributed by atoms with Gasteiger partial charge in [-0.1, -0.05) is 6.07 Å². The monoisotopic (exact) mass is 544 g/mol. The number of fused-ring (bicyclic) bond motifs is 3. The molecule has 206 valence electrons. The molecule has 12 nitrogen and oxygen atoms in total. The Balaban J connectivity index is 1.31. The number of anilines is 2. The van der Waals surface area contributed by atoms with Crippen LogP contribution >= 0.6 is 0 Å². The molecule has 0 unspecified atom stereocenters. The maximum absolute atomic E-state index is 14.4. The summed E-state index contributed by atoms with van der Waals surface area (Å²) in [5.41, 5.74) is 10.4. The number of halogens is 1. The molecular weight excluding hydrogens is 515 g/mol. The van der Waals surface area contributed by atoms with E-state index in [1.54, 1.807) is 12.3 Å². The van der Waals surface area contributed by atoms with Crippen molar-refractivity contribution in [2.24, 2.45) is 0 Å². The second kappa shape index (κ2) is 10.2. The number of methoxy groups -OCH3 is 1. The first-order valence-corrected chi connectivity index (χ1v) is 13.0. The predicted octanol–water partition coefficient (Wildman–Crippen LogP) is 2.48. The van der Waals surface area contributed by atoms with Crippen molar-refractivity contribution in [1.82, 2.24) is 39.0 Å². The normalized spacial score (nSPS) is 14.3. The van der Waals surface area contributed by atoms with Crippen LogP contribution in [0.5, 0.6) is 0 Å². The van der Waals surface area contributed by atoms with Gasteiger partial charge < -0.3 is 19.9 Å². The molecule has 6 rings (SSSR count). The van der Waals surface area contributed by atoms with Crippen LogP contribution in [0.15, 0.2) is 36.7 Å². The number of nitrogen functional groups attached to an aromatic ring is 1. The van der Waals surface area contributed by atoms with Gasteiger partial charge in [0, 0.05) is 51.2 Å². The van der Waals surface area contributed by atoms with Crippen molar-refractivity contribution in [1.29, 1.82) is 0 Å². The number of aryl methyl sites for hydroxylation is 2. The molecule has 5 aromatic rings. The number of carbonyl (C=O) groups excluding carboxylic acids is 1. The molecule has 1 fully saturated rings. The summed E-state index contributed by atoms with van der Waals surface area (Å²) in [6.45, 7) is 7.67. The summed E-state index contributed by atoms with van der Waals surface area (Å²) in [7, 11) is 1.36. The Morgan fingerprint density at radius 2 is 1.88 bits per heavy atom. The van der Waals surface area contributed by atoms with Crippen LogP contribution in [0, 0.1) is 19.7 Å². The third-order valence-electron chi connectivity index (χ3n) is 7.34. The van der Waals surface area contributed by atoms with E-state index in [4.69, 9.17) is 15.5 Å². The maximum Gasteiger partial charge on any atom is 0.355 e. The number of aromatic nitrogens is 7. The number of hydrogen-bond acceptors (Lipinski definition) is 10.